The number of piperidine rings is 1. The molecule has 6 nitrogen and oxygen atoms in total. The minimum atomic E-state index is -3.55. The molecule has 1 fully saturated rings. The van der Waals surface area contributed by atoms with Crippen molar-refractivity contribution in [3.8, 4) is 0 Å². The minimum Gasteiger partial charge on any atom is -0.366 e. The smallest absolute Gasteiger partial charge is 0.248 e. The van der Waals surface area contributed by atoms with Gasteiger partial charge in [0.25, 0.3) is 0 Å². The molecule has 0 bridgehead atoms. The molecule has 7 heteroatoms. The first-order valence-corrected chi connectivity index (χ1v) is 9.02. The molecule has 0 spiro atoms. The summed E-state index contributed by atoms with van der Waals surface area (Å²) in [6, 6.07) is 6.14. The van der Waals surface area contributed by atoms with Crippen molar-refractivity contribution >= 4 is 15.9 Å². The van der Waals surface area contributed by atoms with E-state index in [2.05, 4.69) is 16.5 Å². The Balaban J connectivity index is 1.91. The number of carbonyl (C=O) groups is 1. The van der Waals surface area contributed by atoms with E-state index in [1.54, 1.807) is 0 Å². The number of hydrogen-bond donors (Lipinski definition) is 2. The van der Waals surface area contributed by atoms with Crippen LogP contribution in [0, 0.1) is 0 Å². The first-order valence-electron chi connectivity index (χ1n) is 7.54. The number of carbonyl (C=O) groups excluding carboxylic acids is 1. The van der Waals surface area contributed by atoms with Gasteiger partial charge in [-0.05, 0) is 50.6 Å². The molecule has 0 unspecified atom stereocenters. The lowest BCUT2D eigenvalue weighted by Crippen LogP contribution is -2.42. The standard InChI is InChI=1S/C15H23N3O3S/c1-12-4-2-3-10-18(12)11-9-17-22(20,21)14-7-5-13(6-8-14)15(16)19/h5-8,12,17H,2-4,9-11H2,1H3,(H2,16,19)/t12-/m0/s1. The highest BCUT2D eigenvalue weighted by Gasteiger charge is 2.19. The summed E-state index contributed by atoms with van der Waals surface area (Å²) in [6.07, 6.45) is 3.59. The topological polar surface area (TPSA) is 92.5 Å². The van der Waals surface area contributed by atoms with E-state index >= 15 is 0 Å². The summed E-state index contributed by atoms with van der Waals surface area (Å²) < 4.78 is 27.0. The fourth-order valence-electron chi connectivity index (χ4n) is 2.70. The molecule has 0 aliphatic carbocycles. The Morgan fingerprint density at radius 2 is 2.00 bits per heavy atom. The van der Waals surface area contributed by atoms with E-state index in [9.17, 15) is 13.2 Å². The number of hydrogen-bond acceptors (Lipinski definition) is 4. The number of amides is 1. The van der Waals surface area contributed by atoms with Crippen LogP contribution < -0.4 is 10.5 Å². The molecule has 1 heterocycles. The first-order chi connectivity index (χ1) is 10.4. The highest BCUT2D eigenvalue weighted by molar-refractivity contribution is 7.89. The molecule has 1 saturated heterocycles. The maximum atomic E-state index is 12.2. The van der Waals surface area contributed by atoms with Crippen LogP contribution in [0.15, 0.2) is 29.2 Å². The molecule has 1 aliphatic heterocycles. The van der Waals surface area contributed by atoms with Gasteiger partial charge in [-0.15, -0.1) is 0 Å². The molecule has 0 radical (unpaired) electrons. The zero-order valence-electron chi connectivity index (χ0n) is 12.8. The van der Waals surface area contributed by atoms with Gasteiger partial charge in [-0.3, -0.25) is 9.69 Å². The van der Waals surface area contributed by atoms with Gasteiger partial charge in [0, 0.05) is 24.7 Å². The zero-order chi connectivity index (χ0) is 16.2. The van der Waals surface area contributed by atoms with Crippen LogP contribution in [0.3, 0.4) is 0 Å². The molecule has 1 aliphatic rings. The van der Waals surface area contributed by atoms with Crippen LogP contribution in [0.25, 0.3) is 0 Å². The number of nitrogens with one attached hydrogen (secondary N) is 1. The van der Waals surface area contributed by atoms with E-state index < -0.39 is 15.9 Å². The summed E-state index contributed by atoms with van der Waals surface area (Å²) in [5.41, 5.74) is 5.43. The molecule has 1 aromatic carbocycles. The van der Waals surface area contributed by atoms with E-state index in [-0.39, 0.29) is 4.90 Å². The van der Waals surface area contributed by atoms with Crippen molar-refractivity contribution in [2.45, 2.75) is 37.1 Å². The summed E-state index contributed by atoms with van der Waals surface area (Å²) in [5, 5.41) is 0. The number of nitrogens with zero attached hydrogens (tertiary/aromatic N) is 1. The highest BCUT2D eigenvalue weighted by atomic mass is 32.2. The number of rotatable bonds is 6. The Bertz CT molecular complexity index is 613. The maximum absolute atomic E-state index is 12.2. The molecule has 22 heavy (non-hydrogen) atoms. The van der Waals surface area contributed by atoms with Crippen molar-refractivity contribution in [1.82, 2.24) is 9.62 Å². The van der Waals surface area contributed by atoms with Crippen LogP contribution in [-0.2, 0) is 10.0 Å². The lowest BCUT2D eigenvalue weighted by atomic mass is 10.0. The molecule has 122 valence electrons. The van der Waals surface area contributed by atoms with Crippen LogP contribution in [-0.4, -0.2) is 44.9 Å². The van der Waals surface area contributed by atoms with Gasteiger partial charge >= 0.3 is 0 Å². The third-order valence-corrected chi connectivity index (χ3v) is 5.56. The van der Waals surface area contributed by atoms with Crippen LogP contribution >= 0.6 is 0 Å². The molecule has 0 saturated carbocycles. The van der Waals surface area contributed by atoms with Gasteiger partial charge in [0.1, 0.15) is 0 Å². The molecule has 3 N–H and O–H groups in total. The van der Waals surface area contributed by atoms with Gasteiger partial charge in [0.2, 0.25) is 15.9 Å². The second kappa shape index (κ2) is 7.21. The average Bonchev–Trinajstić information content (AvgIpc) is 2.49. The predicted octanol–water partition coefficient (Wildman–Crippen LogP) is 0.938. The number of sulfonamides is 1. The van der Waals surface area contributed by atoms with E-state index in [0.717, 1.165) is 6.54 Å². The van der Waals surface area contributed by atoms with Gasteiger partial charge in [0.05, 0.1) is 4.90 Å². The van der Waals surface area contributed by atoms with Gasteiger partial charge in [0.15, 0.2) is 0 Å². The monoisotopic (exact) mass is 325 g/mol. The fourth-order valence-corrected chi connectivity index (χ4v) is 3.72. The van der Waals surface area contributed by atoms with E-state index in [0.29, 0.717) is 24.7 Å². The Morgan fingerprint density at radius 1 is 1.32 bits per heavy atom. The van der Waals surface area contributed by atoms with Gasteiger partial charge < -0.3 is 5.73 Å². The number of likely N-dealkylation sites (tertiary alicyclic amines) is 1. The summed E-state index contributed by atoms with van der Waals surface area (Å²) in [4.78, 5) is 13.4. The van der Waals surface area contributed by atoms with Gasteiger partial charge in [-0.25, -0.2) is 13.1 Å². The molecule has 0 aromatic heterocycles. The Morgan fingerprint density at radius 3 is 2.59 bits per heavy atom. The van der Waals surface area contributed by atoms with Crippen molar-refractivity contribution < 1.29 is 13.2 Å². The van der Waals surface area contributed by atoms with Crippen molar-refractivity contribution in [2.75, 3.05) is 19.6 Å². The third-order valence-electron chi connectivity index (χ3n) is 4.08. The molecule has 1 amide bonds. The normalized spacial score (nSPS) is 20.0. The largest absolute Gasteiger partial charge is 0.366 e. The Labute approximate surface area is 131 Å². The maximum Gasteiger partial charge on any atom is 0.248 e. The third kappa shape index (κ3) is 4.28. The summed E-state index contributed by atoms with van der Waals surface area (Å²) in [6.45, 7) is 4.29. The zero-order valence-corrected chi connectivity index (χ0v) is 13.6. The van der Waals surface area contributed by atoms with Crippen LogP contribution in [0.5, 0.6) is 0 Å². The van der Waals surface area contributed by atoms with Crippen molar-refractivity contribution in [3.05, 3.63) is 29.8 Å². The average molecular weight is 325 g/mol. The van der Waals surface area contributed by atoms with Crippen LogP contribution in [0.1, 0.15) is 36.5 Å². The molecule has 2 rings (SSSR count). The quantitative estimate of drug-likeness (QED) is 0.814. The summed E-state index contributed by atoms with van der Waals surface area (Å²) in [7, 11) is -3.55. The van der Waals surface area contributed by atoms with Gasteiger partial charge in [-0.2, -0.15) is 0 Å². The predicted molar refractivity (Wildman–Crippen MR) is 85.0 cm³/mol. The Kier molecular flexibility index (Phi) is 5.55. The first kappa shape index (κ1) is 16.9. The Hall–Kier alpha value is -1.44. The second-order valence-electron chi connectivity index (χ2n) is 5.67. The summed E-state index contributed by atoms with van der Waals surface area (Å²) >= 11 is 0. The number of benzene rings is 1. The molecule has 1 aromatic rings. The van der Waals surface area contributed by atoms with Crippen molar-refractivity contribution in [1.29, 1.82) is 0 Å². The minimum absolute atomic E-state index is 0.143. The van der Waals surface area contributed by atoms with E-state index in [1.165, 1.54) is 43.5 Å². The summed E-state index contributed by atoms with van der Waals surface area (Å²) in [5.74, 6) is -0.573. The number of nitrogens with two attached hydrogens (primary N) is 1. The highest BCUT2D eigenvalue weighted by Crippen LogP contribution is 2.15. The van der Waals surface area contributed by atoms with Gasteiger partial charge in [-0.1, -0.05) is 6.42 Å². The molecule has 1 atom stereocenters. The van der Waals surface area contributed by atoms with Crippen molar-refractivity contribution in [2.24, 2.45) is 5.73 Å². The van der Waals surface area contributed by atoms with Crippen LogP contribution in [0.2, 0.25) is 0 Å². The SMILES string of the molecule is C[C@H]1CCCCN1CCNS(=O)(=O)c1ccc(C(N)=O)cc1. The lowest BCUT2D eigenvalue weighted by Gasteiger charge is -2.33. The number of primary amides is 1. The molecular weight excluding hydrogens is 302 g/mol. The lowest BCUT2D eigenvalue weighted by molar-refractivity contribution is 0.1000. The second-order valence-corrected chi connectivity index (χ2v) is 7.43. The van der Waals surface area contributed by atoms with E-state index in [4.69, 9.17) is 5.73 Å². The molecular formula is C15H23N3O3S. The fraction of sp³-hybridized carbons (Fsp3) is 0.533. The van der Waals surface area contributed by atoms with Crippen molar-refractivity contribution in [3.63, 3.8) is 0 Å². The van der Waals surface area contributed by atoms with E-state index in [1.807, 2.05) is 0 Å². The van der Waals surface area contributed by atoms with Crippen LogP contribution in [0.4, 0.5) is 0 Å².